The maximum atomic E-state index is 13.5. The van der Waals surface area contributed by atoms with Crippen LogP contribution in [0, 0.1) is 56.7 Å². The van der Waals surface area contributed by atoms with Crippen molar-refractivity contribution in [3.8, 4) is 0 Å². The number of carbonyl (C=O) groups is 1. The van der Waals surface area contributed by atoms with E-state index in [1.54, 1.807) is 12.7 Å². The zero-order chi connectivity index (χ0) is 27.4. The lowest BCUT2D eigenvalue weighted by molar-refractivity contribution is -0.320. The van der Waals surface area contributed by atoms with Gasteiger partial charge in [0.1, 0.15) is 0 Å². The second-order valence-corrected chi connectivity index (χ2v) is 15.3. The molecule has 10 atom stereocenters. The Labute approximate surface area is 230 Å². The van der Waals surface area contributed by atoms with Gasteiger partial charge in [-0.25, -0.2) is 0 Å². The van der Waals surface area contributed by atoms with Crippen LogP contribution in [0.3, 0.4) is 0 Å². The number of carbonyl (C=O) groups excluding carboxylic acids is 1. The summed E-state index contributed by atoms with van der Waals surface area (Å²) in [6, 6.07) is 0. The van der Waals surface area contributed by atoms with Crippen molar-refractivity contribution in [1.82, 2.24) is 0 Å². The highest BCUT2D eigenvalue weighted by Gasteiger charge is 2.72. The number of hydrogen-bond acceptors (Lipinski definition) is 5. The molecular weight excluding hydrogens is 476 g/mol. The first-order chi connectivity index (χ1) is 17.9. The highest BCUT2D eigenvalue weighted by atomic mass is 16.7. The van der Waals surface area contributed by atoms with Gasteiger partial charge in [0.25, 0.3) is 0 Å². The molecule has 0 aromatic carbocycles. The Kier molecular flexibility index (Phi) is 6.14. The molecule has 6 rings (SSSR count). The van der Waals surface area contributed by atoms with Gasteiger partial charge < -0.3 is 19.3 Å². The third-order valence-corrected chi connectivity index (χ3v) is 14.6. The summed E-state index contributed by atoms with van der Waals surface area (Å²) in [5, 5.41) is 10.9. The number of fused-ring (bicyclic) bond motifs is 7. The van der Waals surface area contributed by atoms with E-state index < -0.39 is 11.2 Å². The van der Waals surface area contributed by atoms with E-state index in [9.17, 15) is 9.90 Å². The van der Waals surface area contributed by atoms with E-state index in [1.165, 1.54) is 0 Å². The lowest BCUT2D eigenvalue weighted by Crippen LogP contribution is -2.69. The Bertz CT molecular complexity index is 1010. The Morgan fingerprint density at radius 2 is 1.68 bits per heavy atom. The summed E-state index contributed by atoms with van der Waals surface area (Å²) in [5.41, 5.74) is 1.15. The van der Waals surface area contributed by atoms with E-state index in [4.69, 9.17) is 14.2 Å². The third kappa shape index (κ3) is 3.03. The molecule has 0 aromatic rings. The summed E-state index contributed by atoms with van der Waals surface area (Å²) in [7, 11) is 1.59. The summed E-state index contributed by atoms with van der Waals surface area (Å²) in [6.45, 7) is 16.1. The maximum absolute atomic E-state index is 13.5. The lowest BCUT2D eigenvalue weighted by Gasteiger charge is -2.72. The van der Waals surface area contributed by atoms with E-state index in [-0.39, 0.29) is 40.2 Å². The fourth-order valence-corrected chi connectivity index (χ4v) is 12.0. The first-order valence-electron chi connectivity index (χ1n) is 15.6. The summed E-state index contributed by atoms with van der Waals surface area (Å²) in [4.78, 5) is 13.5. The van der Waals surface area contributed by atoms with Crippen LogP contribution in [0.1, 0.15) is 99.3 Å². The number of rotatable bonds is 2. The number of esters is 1. The first-order valence-corrected chi connectivity index (χ1v) is 15.6. The monoisotopic (exact) mass is 528 g/mol. The van der Waals surface area contributed by atoms with Crippen LogP contribution in [0.25, 0.3) is 0 Å². The molecular formula is C33H52O5. The van der Waals surface area contributed by atoms with E-state index >= 15 is 0 Å². The summed E-state index contributed by atoms with van der Waals surface area (Å²) in [5.74, 6) is 1.65. The quantitative estimate of drug-likeness (QED) is 0.326. The second-order valence-electron chi connectivity index (χ2n) is 15.3. The van der Waals surface area contributed by atoms with Gasteiger partial charge in [-0.1, -0.05) is 53.2 Å². The number of allylic oxidation sites excluding steroid dienone is 2. The minimum absolute atomic E-state index is 0.0278. The topological polar surface area (TPSA) is 65.0 Å². The molecule has 38 heavy (non-hydrogen) atoms. The molecule has 1 aliphatic heterocycles. The van der Waals surface area contributed by atoms with E-state index in [2.05, 4.69) is 47.6 Å². The number of aliphatic hydroxyl groups excluding tert-OH is 1. The fraction of sp³-hybridized carbons (Fsp3) is 0.909. The van der Waals surface area contributed by atoms with Crippen molar-refractivity contribution in [2.45, 2.75) is 105 Å². The van der Waals surface area contributed by atoms with Crippen LogP contribution < -0.4 is 0 Å². The molecule has 0 radical (unpaired) electrons. The van der Waals surface area contributed by atoms with Crippen molar-refractivity contribution in [1.29, 1.82) is 0 Å². The summed E-state index contributed by atoms with van der Waals surface area (Å²) >= 11 is 0. The Morgan fingerprint density at radius 3 is 2.34 bits per heavy atom. The molecule has 6 aliphatic rings. The van der Waals surface area contributed by atoms with Crippen molar-refractivity contribution in [2.75, 3.05) is 26.9 Å². The summed E-state index contributed by atoms with van der Waals surface area (Å²) in [6.07, 6.45) is 11.9. The van der Waals surface area contributed by atoms with Crippen LogP contribution in [-0.2, 0) is 19.0 Å². The van der Waals surface area contributed by atoms with Crippen LogP contribution in [0.5, 0.6) is 0 Å². The highest BCUT2D eigenvalue weighted by molar-refractivity contribution is 5.78. The van der Waals surface area contributed by atoms with Gasteiger partial charge in [0.05, 0.1) is 32.3 Å². The predicted octanol–water partition coefficient (Wildman–Crippen LogP) is 6.53. The van der Waals surface area contributed by atoms with Gasteiger partial charge >= 0.3 is 5.97 Å². The molecule has 0 unspecified atom stereocenters. The van der Waals surface area contributed by atoms with Crippen LogP contribution >= 0.6 is 0 Å². The molecule has 4 saturated carbocycles. The molecule has 1 spiro atoms. The van der Waals surface area contributed by atoms with Crippen molar-refractivity contribution < 1.29 is 24.1 Å². The highest BCUT2D eigenvalue weighted by Crippen LogP contribution is 2.76. The van der Waals surface area contributed by atoms with Crippen molar-refractivity contribution in [2.24, 2.45) is 56.7 Å². The Morgan fingerprint density at radius 1 is 0.974 bits per heavy atom. The minimum Gasteiger partial charge on any atom is -0.469 e. The number of methoxy groups -OCH3 is 1. The predicted molar refractivity (Wildman–Crippen MR) is 147 cm³/mol. The van der Waals surface area contributed by atoms with Crippen LogP contribution in [0.4, 0.5) is 0 Å². The second kappa shape index (κ2) is 8.55. The minimum atomic E-state index is -0.641. The smallest absolute Gasteiger partial charge is 0.312 e. The fourth-order valence-electron chi connectivity index (χ4n) is 12.0. The Hall–Kier alpha value is -0.910. The molecule has 0 aromatic heterocycles. The molecule has 5 heteroatoms. The average molecular weight is 529 g/mol. The lowest BCUT2D eigenvalue weighted by atomic mass is 9.33. The van der Waals surface area contributed by atoms with Crippen molar-refractivity contribution in [3.05, 3.63) is 11.6 Å². The SMILES string of the molecule is COC(=O)[C@]12CC[C@@H](C)[C@H](C)[C@H]1C1=CC[C@@H]3[C@@]4(C)CCC5(OCCO5)[C@@](C)(CO)[C@@H]4CC[C@@]3(C)[C@]1(C)CC2. The van der Waals surface area contributed by atoms with Crippen LogP contribution in [0.15, 0.2) is 11.6 Å². The van der Waals surface area contributed by atoms with Gasteiger partial charge in [-0.05, 0) is 97.2 Å². The average Bonchev–Trinajstić information content (AvgIpc) is 3.39. The first kappa shape index (κ1) is 27.3. The summed E-state index contributed by atoms with van der Waals surface area (Å²) < 4.78 is 18.2. The van der Waals surface area contributed by atoms with Crippen LogP contribution in [-0.4, -0.2) is 43.8 Å². The molecule has 1 heterocycles. The van der Waals surface area contributed by atoms with Gasteiger partial charge in [-0.2, -0.15) is 0 Å². The molecule has 5 fully saturated rings. The van der Waals surface area contributed by atoms with Gasteiger partial charge in [-0.3, -0.25) is 4.79 Å². The standard InChI is InChI=1S/C33H52O5/c1-21-10-13-32(27(35)36-7)16-15-29(4)23(26(32)22(21)2)8-9-24-28(3)14-17-33(37-18-19-38-33)31(6,20-34)25(28)11-12-30(24,29)5/h8,21-22,24-26,34H,9-20H2,1-7H3/t21-,22+,24-,25-,26+,28-,29-,30-,31+,32+/m1/s1. The molecule has 0 bridgehead atoms. The molecule has 5 aliphatic carbocycles. The van der Waals surface area contributed by atoms with Crippen LogP contribution in [0.2, 0.25) is 0 Å². The number of hydrogen-bond donors (Lipinski definition) is 1. The van der Waals surface area contributed by atoms with Crippen molar-refractivity contribution in [3.63, 3.8) is 0 Å². The van der Waals surface area contributed by atoms with E-state index in [0.29, 0.717) is 36.9 Å². The normalized spacial score (nSPS) is 53.3. The van der Waals surface area contributed by atoms with E-state index in [0.717, 1.165) is 57.8 Å². The molecule has 5 nitrogen and oxygen atoms in total. The largest absolute Gasteiger partial charge is 0.469 e. The van der Waals surface area contributed by atoms with Gasteiger partial charge in [0.2, 0.25) is 0 Å². The van der Waals surface area contributed by atoms with Gasteiger partial charge in [0, 0.05) is 11.8 Å². The van der Waals surface area contributed by atoms with E-state index in [1.807, 2.05) is 0 Å². The third-order valence-electron chi connectivity index (χ3n) is 14.6. The zero-order valence-corrected chi connectivity index (χ0v) is 25.0. The van der Waals surface area contributed by atoms with Crippen molar-refractivity contribution >= 4 is 5.97 Å². The maximum Gasteiger partial charge on any atom is 0.312 e. The molecule has 1 saturated heterocycles. The number of ether oxygens (including phenoxy) is 3. The molecule has 0 amide bonds. The molecule has 214 valence electrons. The zero-order valence-electron chi connectivity index (χ0n) is 25.0. The van der Waals surface area contributed by atoms with Gasteiger partial charge in [0.15, 0.2) is 5.79 Å². The molecule has 1 N–H and O–H groups in total. The Balaban J connectivity index is 1.43. The van der Waals surface area contributed by atoms with Gasteiger partial charge in [-0.15, -0.1) is 0 Å². The number of aliphatic hydroxyl groups is 1.